The van der Waals surface area contributed by atoms with Crippen LogP contribution in [-0.4, -0.2) is 13.0 Å². The van der Waals surface area contributed by atoms with Gasteiger partial charge in [0.1, 0.15) is 11.6 Å². The van der Waals surface area contributed by atoms with Gasteiger partial charge in [0.05, 0.1) is 6.04 Å². The van der Waals surface area contributed by atoms with Gasteiger partial charge in [-0.15, -0.1) is 0 Å². The number of hydrogen-bond acceptors (Lipinski definition) is 1. The second kappa shape index (κ2) is 5.84. The number of hydrogen-bond donors (Lipinski definition) is 1. The molecule has 0 aliphatic rings. The molecule has 0 heterocycles. The maximum absolute atomic E-state index is 13.3. The molecule has 1 nitrogen and oxygen atoms in total. The Kier molecular flexibility index (Phi) is 4.73. The van der Waals surface area contributed by atoms with Crippen LogP contribution in [0.5, 0.6) is 0 Å². The first kappa shape index (κ1) is 13.0. The fourth-order valence-corrected chi connectivity index (χ4v) is 1.42. The topological polar surface area (TPSA) is 12.0 Å². The van der Waals surface area contributed by atoms with E-state index in [1.807, 2.05) is 0 Å². The zero-order valence-electron chi connectivity index (χ0n) is 8.81. The van der Waals surface area contributed by atoms with Gasteiger partial charge in [0.2, 0.25) is 0 Å². The SMILES string of the molecule is CCCNC(c1c(F)cccc1F)C(F)F. The molecule has 5 heteroatoms. The molecule has 1 N–H and O–H groups in total. The largest absolute Gasteiger partial charge is 0.305 e. The molecule has 1 aromatic rings. The molecule has 0 amide bonds. The minimum absolute atomic E-state index is 0.281. The summed E-state index contributed by atoms with van der Waals surface area (Å²) in [5.74, 6) is -1.90. The zero-order chi connectivity index (χ0) is 12.1. The number of rotatable bonds is 5. The Balaban J connectivity index is 3.00. The Morgan fingerprint density at radius 3 is 2.19 bits per heavy atom. The third-order valence-electron chi connectivity index (χ3n) is 2.18. The van der Waals surface area contributed by atoms with Crippen LogP contribution in [0, 0.1) is 11.6 Å². The van der Waals surface area contributed by atoms with Crippen LogP contribution >= 0.6 is 0 Å². The van der Waals surface area contributed by atoms with Crippen molar-refractivity contribution in [2.45, 2.75) is 25.8 Å². The molecule has 90 valence electrons. The van der Waals surface area contributed by atoms with E-state index in [1.54, 1.807) is 6.92 Å². The molecule has 16 heavy (non-hydrogen) atoms. The summed E-state index contributed by atoms with van der Waals surface area (Å²) in [7, 11) is 0. The lowest BCUT2D eigenvalue weighted by molar-refractivity contribution is 0.0948. The van der Waals surface area contributed by atoms with Crippen LogP contribution in [0.25, 0.3) is 0 Å². The van der Waals surface area contributed by atoms with Gasteiger partial charge < -0.3 is 5.32 Å². The maximum Gasteiger partial charge on any atom is 0.258 e. The lowest BCUT2D eigenvalue weighted by atomic mass is 10.1. The second-order valence-electron chi connectivity index (χ2n) is 3.40. The second-order valence-corrected chi connectivity index (χ2v) is 3.40. The zero-order valence-corrected chi connectivity index (χ0v) is 8.81. The van der Waals surface area contributed by atoms with Crippen LogP contribution in [0.1, 0.15) is 24.9 Å². The fraction of sp³-hybridized carbons (Fsp3) is 0.455. The summed E-state index contributed by atoms with van der Waals surface area (Å²) in [6.07, 6.45) is -2.24. The van der Waals surface area contributed by atoms with Crippen molar-refractivity contribution in [2.75, 3.05) is 6.54 Å². The summed E-state index contributed by atoms with van der Waals surface area (Å²) in [5, 5.41) is 2.44. The molecule has 0 aliphatic carbocycles. The minimum Gasteiger partial charge on any atom is -0.305 e. The van der Waals surface area contributed by atoms with Gasteiger partial charge >= 0.3 is 0 Å². The normalized spacial score (nSPS) is 13.1. The highest BCUT2D eigenvalue weighted by Crippen LogP contribution is 2.25. The average Bonchev–Trinajstić information content (AvgIpc) is 2.21. The van der Waals surface area contributed by atoms with E-state index in [9.17, 15) is 17.6 Å². The smallest absolute Gasteiger partial charge is 0.258 e. The molecule has 0 aromatic heterocycles. The third-order valence-corrected chi connectivity index (χ3v) is 2.18. The highest BCUT2D eigenvalue weighted by atomic mass is 19.3. The fourth-order valence-electron chi connectivity index (χ4n) is 1.42. The van der Waals surface area contributed by atoms with Crippen LogP contribution in [0.3, 0.4) is 0 Å². The predicted molar refractivity (Wildman–Crippen MR) is 53.4 cm³/mol. The first-order valence-corrected chi connectivity index (χ1v) is 5.03. The molecule has 0 radical (unpaired) electrons. The van der Waals surface area contributed by atoms with E-state index in [0.717, 1.165) is 18.2 Å². The lowest BCUT2D eigenvalue weighted by Crippen LogP contribution is -2.29. The van der Waals surface area contributed by atoms with Crippen LogP contribution in [0.2, 0.25) is 0 Å². The Hall–Kier alpha value is -1.10. The molecule has 0 saturated heterocycles. The highest BCUT2D eigenvalue weighted by molar-refractivity contribution is 5.23. The third kappa shape index (κ3) is 2.95. The first-order chi connectivity index (χ1) is 7.57. The van der Waals surface area contributed by atoms with Crippen LogP contribution in [-0.2, 0) is 0 Å². The number of halogens is 4. The molecule has 0 fully saturated rings. The van der Waals surface area contributed by atoms with Crippen molar-refractivity contribution in [3.8, 4) is 0 Å². The van der Waals surface area contributed by atoms with Gasteiger partial charge in [-0.05, 0) is 25.1 Å². The summed E-state index contributed by atoms with van der Waals surface area (Å²) in [6.45, 7) is 2.07. The van der Waals surface area contributed by atoms with Gasteiger partial charge in [-0.2, -0.15) is 0 Å². The average molecular weight is 235 g/mol. The van der Waals surface area contributed by atoms with Crippen LogP contribution in [0.15, 0.2) is 18.2 Å². The lowest BCUT2D eigenvalue weighted by Gasteiger charge is -2.19. The standard InChI is InChI=1S/C11H13F4N/c1-2-6-16-10(11(14)15)9-7(12)4-3-5-8(9)13/h3-5,10-11,16H,2,6H2,1H3. The molecule has 0 bridgehead atoms. The monoisotopic (exact) mass is 235 g/mol. The Bertz CT molecular complexity index is 321. The molecule has 1 rings (SSSR count). The van der Waals surface area contributed by atoms with Crippen molar-refractivity contribution in [3.63, 3.8) is 0 Å². The Morgan fingerprint density at radius 1 is 1.19 bits per heavy atom. The Labute approximate surface area is 91.5 Å². The van der Waals surface area contributed by atoms with Gasteiger partial charge in [-0.3, -0.25) is 0 Å². The summed E-state index contributed by atoms with van der Waals surface area (Å²) < 4.78 is 51.9. The first-order valence-electron chi connectivity index (χ1n) is 5.03. The van der Waals surface area contributed by atoms with E-state index in [2.05, 4.69) is 5.32 Å². The van der Waals surface area contributed by atoms with Crippen molar-refractivity contribution in [3.05, 3.63) is 35.4 Å². The van der Waals surface area contributed by atoms with Gasteiger partial charge in [-0.25, -0.2) is 17.6 Å². The van der Waals surface area contributed by atoms with Crippen molar-refractivity contribution in [1.29, 1.82) is 0 Å². The summed E-state index contributed by atoms with van der Waals surface area (Å²) >= 11 is 0. The van der Waals surface area contributed by atoms with Crippen molar-refractivity contribution < 1.29 is 17.6 Å². The highest BCUT2D eigenvalue weighted by Gasteiger charge is 2.27. The van der Waals surface area contributed by atoms with Gasteiger partial charge in [0.15, 0.2) is 0 Å². The van der Waals surface area contributed by atoms with E-state index in [-0.39, 0.29) is 6.54 Å². The van der Waals surface area contributed by atoms with Crippen molar-refractivity contribution >= 4 is 0 Å². The number of alkyl halides is 2. The Morgan fingerprint density at radius 2 is 1.75 bits per heavy atom. The summed E-state index contributed by atoms with van der Waals surface area (Å²) in [4.78, 5) is 0. The van der Waals surface area contributed by atoms with Crippen LogP contribution < -0.4 is 5.32 Å². The molecule has 0 spiro atoms. The quantitative estimate of drug-likeness (QED) is 0.772. The van der Waals surface area contributed by atoms with Gasteiger partial charge in [-0.1, -0.05) is 13.0 Å². The van der Waals surface area contributed by atoms with Gasteiger partial charge in [0.25, 0.3) is 6.43 Å². The summed E-state index contributed by atoms with van der Waals surface area (Å²) in [6, 6.07) is 1.50. The van der Waals surface area contributed by atoms with E-state index < -0.39 is 29.7 Å². The predicted octanol–water partition coefficient (Wildman–Crippen LogP) is 3.27. The summed E-state index contributed by atoms with van der Waals surface area (Å²) in [5.41, 5.74) is -0.592. The molecule has 1 atom stereocenters. The van der Waals surface area contributed by atoms with Crippen LogP contribution in [0.4, 0.5) is 17.6 Å². The molecule has 0 saturated carbocycles. The minimum atomic E-state index is -2.85. The molecule has 1 unspecified atom stereocenters. The van der Waals surface area contributed by atoms with Crippen molar-refractivity contribution in [2.24, 2.45) is 0 Å². The van der Waals surface area contributed by atoms with E-state index >= 15 is 0 Å². The molecule has 1 aromatic carbocycles. The molecular formula is C11H13F4N. The van der Waals surface area contributed by atoms with E-state index in [0.29, 0.717) is 6.42 Å². The molecular weight excluding hydrogens is 222 g/mol. The van der Waals surface area contributed by atoms with Gasteiger partial charge in [0, 0.05) is 5.56 Å². The van der Waals surface area contributed by atoms with E-state index in [4.69, 9.17) is 0 Å². The molecule has 0 aliphatic heterocycles. The van der Waals surface area contributed by atoms with Crippen molar-refractivity contribution in [1.82, 2.24) is 5.32 Å². The van der Waals surface area contributed by atoms with E-state index in [1.165, 1.54) is 0 Å². The number of nitrogens with one attached hydrogen (secondary N) is 1. The number of benzene rings is 1. The maximum atomic E-state index is 13.3.